The molecule has 0 radical (unpaired) electrons. The highest BCUT2D eigenvalue weighted by molar-refractivity contribution is 4.64. The highest BCUT2D eigenvalue weighted by Crippen LogP contribution is 1.86. The van der Waals surface area contributed by atoms with Gasteiger partial charge in [-0.05, 0) is 6.92 Å². The summed E-state index contributed by atoms with van der Waals surface area (Å²) in [7, 11) is 1.56. The van der Waals surface area contributed by atoms with E-state index in [4.69, 9.17) is 10.8 Å². The topological polar surface area (TPSA) is 55.5 Å². The average Bonchev–Trinajstić information content (AvgIpc) is 1.67. The highest BCUT2D eigenvalue weighted by Gasteiger charge is 2.06. The van der Waals surface area contributed by atoms with Crippen molar-refractivity contribution in [2.75, 3.05) is 13.7 Å². The monoisotopic (exact) mass is 119 g/mol. The minimum atomic E-state index is -0.477. The third-order valence-corrected chi connectivity index (χ3v) is 0.979. The van der Waals surface area contributed by atoms with E-state index in [0.717, 1.165) is 0 Å². The van der Waals surface area contributed by atoms with Crippen LogP contribution in [0.5, 0.6) is 0 Å². The van der Waals surface area contributed by atoms with Crippen molar-refractivity contribution >= 4 is 0 Å². The molecule has 3 heteroatoms. The molecule has 0 rings (SSSR count). The summed E-state index contributed by atoms with van der Waals surface area (Å²) in [5.41, 5.74) is 5.35. The molecule has 0 amide bonds. The Morgan fingerprint density at radius 1 is 1.75 bits per heavy atom. The van der Waals surface area contributed by atoms with Gasteiger partial charge in [0.2, 0.25) is 0 Å². The Bertz CT molecular complexity index is 56.4. The number of hydrogen-bond donors (Lipinski definition) is 2. The van der Waals surface area contributed by atoms with Crippen LogP contribution in [0.15, 0.2) is 0 Å². The number of aliphatic hydroxyl groups is 1. The predicted molar refractivity (Wildman–Crippen MR) is 31.5 cm³/mol. The summed E-state index contributed by atoms with van der Waals surface area (Å²) < 4.78 is 4.68. The summed E-state index contributed by atoms with van der Waals surface area (Å²) in [5.74, 6) is 0. The van der Waals surface area contributed by atoms with Gasteiger partial charge < -0.3 is 15.6 Å². The zero-order valence-corrected chi connectivity index (χ0v) is 5.29. The van der Waals surface area contributed by atoms with Gasteiger partial charge in [0.05, 0.1) is 18.8 Å². The molecule has 0 aromatic rings. The second-order valence-electron chi connectivity index (χ2n) is 1.86. The van der Waals surface area contributed by atoms with Crippen LogP contribution in [0.2, 0.25) is 0 Å². The lowest BCUT2D eigenvalue weighted by molar-refractivity contribution is 0.0984. The van der Waals surface area contributed by atoms with Gasteiger partial charge in [0.25, 0.3) is 0 Å². The third kappa shape index (κ3) is 2.96. The fourth-order valence-electron chi connectivity index (χ4n) is 0.332. The van der Waals surface area contributed by atoms with Crippen molar-refractivity contribution in [3.8, 4) is 0 Å². The molecule has 0 spiro atoms. The van der Waals surface area contributed by atoms with Crippen molar-refractivity contribution in [3.05, 3.63) is 0 Å². The van der Waals surface area contributed by atoms with E-state index in [-0.39, 0.29) is 6.04 Å². The molecule has 0 bridgehead atoms. The molecule has 3 N–H and O–H groups in total. The first-order valence-corrected chi connectivity index (χ1v) is 2.61. The first-order chi connectivity index (χ1) is 3.68. The van der Waals surface area contributed by atoms with Gasteiger partial charge in [-0.1, -0.05) is 0 Å². The summed E-state index contributed by atoms with van der Waals surface area (Å²) in [4.78, 5) is 0. The highest BCUT2D eigenvalue weighted by atomic mass is 16.5. The van der Waals surface area contributed by atoms with Gasteiger partial charge in [0.15, 0.2) is 0 Å². The largest absolute Gasteiger partial charge is 0.392 e. The minimum Gasteiger partial charge on any atom is -0.392 e. The van der Waals surface area contributed by atoms with Crippen LogP contribution < -0.4 is 5.73 Å². The van der Waals surface area contributed by atoms with Crippen LogP contribution in [0.4, 0.5) is 0 Å². The number of methoxy groups -OCH3 is 1. The Morgan fingerprint density at radius 2 is 2.25 bits per heavy atom. The maximum absolute atomic E-state index is 8.75. The van der Waals surface area contributed by atoms with Crippen LogP contribution in [-0.4, -0.2) is 31.0 Å². The molecule has 0 aliphatic carbocycles. The molecule has 0 aromatic carbocycles. The first-order valence-electron chi connectivity index (χ1n) is 2.61. The number of hydrogen-bond acceptors (Lipinski definition) is 3. The second kappa shape index (κ2) is 3.83. The van der Waals surface area contributed by atoms with Crippen LogP contribution in [0.1, 0.15) is 6.92 Å². The van der Waals surface area contributed by atoms with E-state index in [2.05, 4.69) is 4.74 Å². The zero-order chi connectivity index (χ0) is 6.57. The third-order valence-electron chi connectivity index (χ3n) is 0.979. The van der Waals surface area contributed by atoms with Crippen molar-refractivity contribution in [1.29, 1.82) is 0 Å². The number of aliphatic hydroxyl groups excluding tert-OH is 1. The van der Waals surface area contributed by atoms with Gasteiger partial charge in [-0.3, -0.25) is 0 Å². The molecule has 0 aliphatic heterocycles. The van der Waals surface area contributed by atoms with Crippen LogP contribution in [0.3, 0.4) is 0 Å². The molecule has 1 unspecified atom stereocenters. The number of rotatable bonds is 3. The van der Waals surface area contributed by atoms with Gasteiger partial charge in [-0.25, -0.2) is 0 Å². The molecule has 50 valence electrons. The standard InChI is InChI=1S/C5H13NO2/c1-4(7)5(6)3-8-2/h4-5,7H,3,6H2,1-2H3/t4?,5-/m0/s1. The molecule has 0 saturated heterocycles. The van der Waals surface area contributed by atoms with E-state index in [1.54, 1.807) is 14.0 Å². The Balaban J connectivity index is 3.17. The molecule has 8 heavy (non-hydrogen) atoms. The van der Waals surface area contributed by atoms with Crippen molar-refractivity contribution in [3.63, 3.8) is 0 Å². The lowest BCUT2D eigenvalue weighted by Gasteiger charge is -2.11. The fourth-order valence-corrected chi connectivity index (χ4v) is 0.332. The van der Waals surface area contributed by atoms with Crippen LogP contribution in [0, 0.1) is 0 Å². The minimum absolute atomic E-state index is 0.250. The molecular formula is C5H13NO2. The van der Waals surface area contributed by atoms with Gasteiger partial charge in [-0.2, -0.15) is 0 Å². The van der Waals surface area contributed by atoms with Crippen molar-refractivity contribution in [1.82, 2.24) is 0 Å². The van der Waals surface area contributed by atoms with Gasteiger partial charge >= 0.3 is 0 Å². The molecule has 0 aromatic heterocycles. The molecule has 0 fully saturated rings. The number of nitrogens with two attached hydrogens (primary N) is 1. The Hall–Kier alpha value is -0.120. The Morgan fingerprint density at radius 3 is 2.38 bits per heavy atom. The van der Waals surface area contributed by atoms with Crippen LogP contribution in [-0.2, 0) is 4.74 Å². The van der Waals surface area contributed by atoms with Gasteiger partial charge in [0, 0.05) is 7.11 Å². The van der Waals surface area contributed by atoms with E-state index in [0.29, 0.717) is 6.61 Å². The van der Waals surface area contributed by atoms with Crippen LogP contribution >= 0.6 is 0 Å². The molecule has 0 saturated carbocycles. The van der Waals surface area contributed by atoms with E-state index in [9.17, 15) is 0 Å². The van der Waals surface area contributed by atoms with E-state index < -0.39 is 6.10 Å². The predicted octanol–water partition coefficient (Wildman–Crippen LogP) is -0.659. The van der Waals surface area contributed by atoms with Crippen molar-refractivity contribution in [2.24, 2.45) is 5.73 Å². The summed E-state index contributed by atoms with van der Waals surface area (Å²) >= 11 is 0. The molecule has 0 aliphatic rings. The molecule has 3 nitrogen and oxygen atoms in total. The van der Waals surface area contributed by atoms with Crippen molar-refractivity contribution in [2.45, 2.75) is 19.1 Å². The normalized spacial score (nSPS) is 18.0. The zero-order valence-electron chi connectivity index (χ0n) is 5.29. The van der Waals surface area contributed by atoms with E-state index in [1.807, 2.05) is 0 Å². The lowest BCUT2D eigenvalue weighted by atomic mass is 10.2. The maximum Gasteiger partial charge on any atom is 0.0685 e. The lowest BCUT2D eigenvalue weighted by Crippen LogP contribution is -2.36. The SMILES string of the molecule is COC[C@H](N)C(C)O. The summed E-state index contributed by atoms with van der Waals surface area (Å²) in [5, 5.41) is 8.75. The summed E-state index contributed by atoms with van der Waals surface area (Å²) in [6.45, 7) is 2.06. The maximum atomic E-state index is 8.75. The molecule has 0 heterocycles. The van der Waals surface area contributed by atoms with Gasteiger partial charge in [0.1, 0.15) is 0 Å². The second-order valence-corrected chi connectivity index (χ2v) is 1.86. The Labute approximate surface area is 49.4 Å². The summed E-state index contributed by atoms with van der Waals surface area (Å²) in [6.07, 6.45) is -0.477. The molecule has 2 atom stereocenters. The summed E-state index contributed by atoms with van der Waals surface area (Å²) in [6, 6.07) is -0.250. The average molecular weight is 119 g/mol. The van der Waals surface area contributed by atoms with E-state index in [1.165, 1.54) is 0 Å². The Kier molecular flexibility index (Phi) is 3.77. The molecular weight excluding hydrogens is 106 g/mol. The first kappa shape index (κ1) is 7.88. The van der Waals surface area contributed by atoms with Gasteiger partial charge in [-0.15, -0.1) is 0 Å². The number of ether oxygens (including phenoxy) is 1. The van der Waals surface area contributed by atoms with Crippen LogP contribution in [0.25, 0.3) is 0 Å². The van der Waals surface area contributed by atoms with Crippen molar-refractivity contribution < 1.29 is 9.84 Å². The van der Waals surface area contributed by atoms with E-state index >= 15 is 0 Å². The smallest absolute Gasteiger partial charge is 0.0685 e. The quantitative estimate of drug-likeness (QED) is 0.518. The fraction of sp³-hybridized carbons (Fsp3) is 1.00.